The van der Waals surface area contributed by atoms with Crippen LogP contribution in [0.4, 0.5) is 0 Å². The van der Waals surface area contributed by atoms with Gasteiger partial charge < -0.3 is 10.1 Å². The summed E-state index contributed by atoms with van der Waals surface area (Å²) in [5, 5.41) is 2.75. The van der Waals surface area contributed by atoms with Gasteiger partial charge in [0.2, 0.25) is 5.91 Å². The van der Waals surface area contributed by atoms with E-state index in [1.54, 1.807) is 6.08 Å². The number of carbonyl (C=O) groups excluding carboxylic acids is 2. The van der Waals surface area contributed by atoms with Gasteiger partial charge in [-0.1, -0.05) is 36.4 Å². The molecule has 1 heterocycles. The number of carbonyl (C=O) groups is 2. The van der Waals surface area contributed by atoms with Crippen LogP contribution in [0, 0.1) is 0 Å². The monoisotopic (exact) mass is 245 g/mol. The molecule has 1 aromatic carbocycles. The molecule has 4 nitrogen and oxygen atoms in total. The molecule has 1 amide bonds. The lowest BCUT2D eigenvalue weighted by Crippen LogP contribution is -2.23. The number of benzene rings is 1. The van der Waals surface area contributed by atoms with Crippen molar-refractivity contribution >= 4 is 11.9 Å². The zero-order valence-electron chi connectivity index (χ0n) is 9.96. The van der Waals surface area contributed by atoms with E-state index in [1.165, 1.54) is 6.08 Å². The Morgan fingerprint density at radius 3 is 2.83 bits per heavy atom. The standard InChI is InChI=1S/C14H15NO3/c16-13-8-6-12(15-13)7-9-14(17)18-10-11-4-2-1-3-5-11/h1-5,7,9,12H,6,8,10H2,(H,15,16). The summed E-state index contributed by atoms with van der Waals surface area (Å²) in [5.74, 6) is -0.359. The fourth-order valence-corrected chi connectivity index (χ4v) is 1.75. The molecule has 0 aromatic heterocycles. The van der Waals surface area contributed by atoms with Crippen molar-refractivity contribution in [3.8, 4) is 0 Å². The normalized spacial score (nSPS) is 18.9. The van der Waals surface area contributed by atoms with E-state index in [-0.39, 0.29) is 24.5 Å². The molecule has 1 atom stereocenters. The molecule has 1 fully saturated rings. The second-order valence-electron chi connectivity index (χ2n) is 4.17. The summed E-state index contributed by atoms with van der Waals surface area (Å²) in [7, 11) is 0. The predicted octanol–water partition coefficient (Wildman–Crippen LogP) is 1.56. The molecular formula is C14H15NO3. The SMILES string of the molecule is O=C1CCC(C=CC(=O)OCc2ccccc2)N1. The Hall–Kier alpha value is -2.10. The summed E-state index contributed by atoms with van der Waals surface area (Å²) < 4.78 is 5.08. The van der Waals surface area contributed by atoms with Gasteiger partial charge in [0.1, 0.15) is 6.61 Å². The lowest BCUT2D eigenvalue weighted by molar-refractivity contribution is -0.139. The summed E-state index contributed by atoms with van der Waals surface area (Å²) in [4.78, 5) is 22.4. The number of esters is 1. The van der Waals surface area contributed by atoms with E-state index in [9.17, 15) is 9.59 Å². The molecular weight excluding hydrogens is 230 g/mol. The Bertz CT molecular complexity index is 453. The summed E-state index contributed by atoms with van der Waals surface area (Å²) in [6.45, 7) is 0.265. The lowest BCUT2D eigenvalue weighted by atomic mass is 10.2. The molecule has 94 valence electrons. The molecule has 0 saturated carbocycles. The summed E-state index contributed by atoms with van der Waals surface area (Å²) in [5.41, 5.74) is 0.952. The summed E-state index contributed by atoms with van der Waals surface area (Å²) >= 11 is 0. The van der Waals surface area contributed by atoms with Gasteiger partial charge in [0.05, 0.1) is 0 Å². The van der Waals surface area contributed by atoms with Crippen LogP contribution in [0.15, 0.2) is 42.5 Å². The van der Waals surface area contributed by atoms with Gasteiger partial charge in [-0.2, -0.15) is 0 Å². The van der Waals surface area contributed by atoms with Gasteiger partial charge in [-0.3, -0.25) is 4.79 Å². The highest BCUT2D eigenvalue weighted by Crippen LogP contribution is 2.07. The smallest absolute Gasteiger partial charge is 0.330 e. The van der Waals surface area contributed by atoms with Gasteiger partial charge >= 0.3 is 5.97 Å². The fourth-order valence-electron chi connectivity index (χ4n) is 1.75. The molecule has 0 aliphatic carbocycles. The predicted molar refractivity (Wildman–Crippen MR) is 66.5 cm³/mol. The van der Waals surface area contributed by atoms with Crippen LogP contribution >= 0.6 is 0 Å². The molecule has 1 aliphatic rings. The van der Waals surface area contributed by atoms with Crippen molar-refractivity contribution in [1.82, 2.24) is 5.32 Å². The van der Waals surface area contributed by atoms with Gasteiger partial charge in [0.25, 0.3) is 0 Å². The highest BCUT2D eigenvalue weighted by Gasteiger charge is 2.17. The largest absolute Gasteiger partial charge is 0.458 e. The van der Waals surface area contributed by atoms with Crippen molar-refractivity contribution in [2.75, 3.05) is 0 Å². The minimum Gasteiger partial charge on any atom is -0.458 e. The second kappa shape index (κ2) is 6.00. The van der Waals surface area contributed by atoms with Crippen LogP contribution in [0.2, 0.25) is 0 Å². The van der Waals surface area contributed by atoms with Crippen LogP contribution < -0.4 is 5.32 Å². The number of nitrogens with one attached hydrogen (secondary N) is 1. The van der Waals surface area contributed by atoms with Gasteiger partial charge in [-0.25, -0.2) is 4.79 Å². The summed E-state index contributed by atoms with van der Waals surface area (Å²) in [6.07, 6.45) is 4.31. The van der Waals surface area contributed by atoms with Gasteiger partial charge in [-0.15, -0.1) is 0 Å². The highest BCUT2D eigenvalue weighted by molar-refractivity contribution is 5.83. The maximum Gasteiger partial charge on any atom is 0.330 e. The Kier molecular flexibility index (Phi) is 4.12. The van der Waals surface area contributed by atoms with Crippen molar-refractivity contribution in [1.29, 1.82) is 0 Å². The fraction of sp³-hybridized carbons (Fsp3) is 0.286. The third-order valence-corrected chi connectivity index (χ3v) is 2.72. The van der Waals surface area contributed by atoms with Crippen molar-refractivity contribution in [2.45, 2.75) is 25.5 Å². The van der Waals surface area contributed by atoms with E-state index in [2.05, 4.69) is 5.32 Å². The van der Waals surface area contributed by atoms with Crippen molar-refractivity contribution in [2.24, 2.45) is 0 Å². The van der Waals surface area contributed by atoms with Crippen molar-refractivity contribution in [3.63, 3.8) is 0 Å². The van der Waals surface area contributed by atoms with Gasteiger partial charge in [0, 0.05) is 18.5 Å². The summed E-state index contributed by atoms with van der Waals surface area (Å²) in [6, 6.07) is 9.46. The topological polar surface area (TPSA) is 55.4 Å². The van der Waals surface area contributed by atoms with Crippen LogP contribution in [0.3, 0.4) is 0 Å². The van der Waals surface area contributed by atoms with E-state index in [4.69, 9.17) is 4.74 Å². The lowest BCUT2D eigenvalue weighted by Gasteiger charge is -2.03. The van der Waals surface area contributed by atoms with Crippen LogP contribution in [-0.4, -0.2) is 17.9 Å². The molecule has 0 spiro atoms. The number of rotatable bonds is 4. The second-order valence-corrected chi connectivity index (χ2v) is 4.17. The average molecular weight is 245 g/mol. The number of hydrogen-bond donors (Lipinski definition) is 1. The molecule has 1 aromatic rings. The maximum atomic E-state index is 11.4. The molecule has 0 radical (unpaired) electrons. The number of hydrogen-bond acceptors (Lipinski definition) is 3. The molecule has 1 aliphatic heterocycles. The van der Waals surface area contributed by atoms with Crippen molar-refractivity contribution in [3.05, 3.63) is 48.0 Å². The maximum absolute atomic E-state index is 11.4. The van der Waals surface area contributed by atoms with E-state index in [1.807, 2.05) is 30.3 Å². The number of ether oxygens (including phenoxy) is 1. The quantitative estimate of drug-likeness (QED) is 0.647. The van der Waals surface area contributed by atoms with E-state index < -0.39 is 0 Å². The van der Waals surface area contributed by atoms with E-state index in [0.717, 1.165) is 12.0 Å². The molecule has 0 bridgehead atoms. The average Bonchev–Trinajstić information content (AvgIpc) is 2.81. The van der Waals surface area contributed by atoms with E-state index in [0.29, 0.717) is 6.42 Å². The molecule has 4 heteroatoms. The minimum absolute atomic E-state index is 0.0299. The Morgan fingerprint density at radius 1 is 1.39 bits per heavy atom. The van der Waals surface area contributed by atoms with Crippen LogP contribution in [0.1, 0.15) is 18.4 Å². The molecule has 1 unspecified atom stereocenters. The van der Waals surface area contributed by atoms with Crippen LogP contribution in [-0.2, 0) is 20.9 Å². The Morgan fingerprint density at radius 2 is 2.17 bits per heavy atom. The van der Waals surface area contributed by atoms with Gasteiger partial charge in [-0.05, 0) is 12.0 Å². The highest BCUT2D eigenvalue weighted by atomic mass is 16.5. The first-order chi connectivity index (χ1) is 8.74. The van der Waals surface area contributed by atoms with Crippen LogP contribution in [0.5, 0.6) is 0 Å². The molecule has 1 N–H and O–H groups in total. The zero-order valence-corrected chi connectivity index (χ0v) is 9.96. The number of amides is 1. The Balaban J connectivity index is 1.75. The molecule has 1 saturated heterocycles. The van der Waals surface area contributed by atoms with Gasteiger partial charge in [0.15, 0.2) is 0 Å². The Labute approximate surface area is 106 Å². The first kappa shape index (κ1) is 12.4. The third kappa shape index (κ3) is 3.73. The molecule has 18 heavy (non-hydrogen) atoms. The van der Waals surface area contributed by atoms with Crippen LogP contribution in [0.25, 0.3) is 0 Å². The zero-order chi connectivity index (χ0) is 12.8. The first-order valence-corrected chi connectivity index (χ1v) is 5.92. The first-order valence-electron chi connectivity index (χ1n) is 5.92. The van der Waals surface area contributed by atoms with E-state index >= 15 is 0 Å². The molecule has 2 rings (SSSR count). The van der Waals surface area contributed by atoms with Crippen molar-refractivity contribution < 1.29 is 14.3 Å². The third-order valence-electron chi connectivity index (χ3n) is 2.72. The minimum atomic E-state index is -0.389.